The van der Waals surface area contributed by atoms with E-state index in [4.69, 9.17) is 16.0 Å². The van der Waals surface area contributed by atoms with Crippen LogP contribution in [0.1, 0.15) is 5.56 Å². The lowest BCUT2D eigenvalue weighted by Crippen LogP contribution is -2.14. The minimum Gasteiger partial charge on any atom is -0.411 e. The minimum absolute atomic E-state index is 0.122. The van der Waals surface area contributed by atoms with Crippen LogP contribution in [0.4, 0.5) is 11.4 Å². The number of amides is 1. The van der Waals surface area contributed by atoms with E-state index in [1.165, 1.54) is 0 Å². The molecule has 0 fully saturated rings. The summed E-state index contributed by atoms with van der Waals surface area (Å²) in [4.78, 5) is 16.6. The Kier molecular flexibility index (Phi) is 7.68. The Morgan fingerprint density at radius 3 is 2.55 bits per heavy atom. The highest BCUT2D eigenvalue weighted by molar-refractivity contribution is 7.99. The summed E-state index contributed by atoms with van der Waals surface area (Å²) in [6.07, 6.45) is 5.63. The number of hydrogen-bond donors (Lipinski definition) is 1. The van der Waals surface area contributed by atoms with Gasteiger partial charge in [0.2, 0.25) is 11.8 Å². The van der Waals surface area contributed by atoms with Crippen molar-refractivity contribution in [2.75, 3.05) is 11.1 Å². The van der Waals surface area contributed by atoms with Crippen molar-refractivity contribution in [2.45, 2.75) is 5.22 Å². The van der Waals surface area contributed by atoms with Gasteiger partial charge in [-0.25, -0.2) is 0 Å². The average Bonchev–Trinajstić information content (AvgIpc) is 3.32. The lowest BCUT2D eigenvalue weighted by atomic mass is 10.2. The van der Waals surface area contributed by atoms with E-state index in [9.17, 15) is 4.79 Å². The minimum atomic E-state index is -0.212. The summed E-state index contributed by atoms with van der Waals surface area (Å²) in [5.41, 5.74) is 3.26. The Balaban J connectivity index is 1.30. The first-order valence-electron chi connectivity index (χ1n) is 10.0. The summed E-state index contributed by atoms with van der Waals surface area (Å²) < 4.78 is 5.67. The maximum atomic E-state index is 12.1. The fraction of sp³-hybridized carbons (Fsp3) is 0.0400. The van der Waals surface area contributed by atoms with Gasteiger partial charge in [0.15, 0.2) is 0 Å². The van der Waals surface area contributed by atoms with Gasteiger partial charge in [-0.15, -0.1) is 10.2 Å². The van der Waals surface area contributed by atoms with Crippen molar-refractivity contribution in [1.82, 2.24) is 10.2 Å². The van der Waals surface area contributed by atoms with Gasteiger partial charge in [-0.2, -0.15) is 0 Å². The van der Waals surface area contributed by atoms with Crippen molar-refractivity contribution >= 4 is 52.9 Å². The number of aromatic nitrogens is 2. The molecule has 0 aliphatic carbocycles. The normalized spacial score (nSPS) is 11.3. The summed E-state index contributed by atoms with van der Waals surface area (Å²) in [5.74, 6) is 0.289. The molecule has 0 bridgehead atoms. The zero-order chi connectivity index (χ0) is 22.9. The monoisotopic (exact) mass is 474 g/mol. The molecule has 4 aromatic rings. The van der Waals surface area contributed by atoms with Crippen LogP contribution in [0.5, 0.6) is 0 Å². The topological polar surface area (TPSA) is 80.4 Å². The van der Waals surface area contributed by atoms with E-state index in [1.54, 1.807) is 30.5 Å². The van der Waals surface area contributed by atoms with Gasteiger partial charge < -0.3 is 9.73 Å². The second-order valence-corrected chi connectivity index (χ2v) is 8.12. The van der Waals surface area contributed by atoms with E-state index < -0.39 is 0 Å². The van der Waals surface area contributed by atoms with Crippen molar-refractivity contribution in [3.05, 3.63) is 95.5 Å². The Morgan fingerprint density at radius 1 is 1.00 bits per heavy atom. The number of benzene rings is 3. The number of hydrogen-bond acceptors (Lipinski definition) is 6. The molecule has 0 aliphatic heterocycles. The molecule has 0 spiro atoms. The highest BCUT2D eigenvalue weighted by Gasteiger charge is 2.12. The molecule has 8 heteroatoms. The van der Waals surface area contributed by atoms with Gasteiger partial charge in [0.25, 0.3) is 5.22 Å². The summed E-state index contributed by atoms with van der Waals surface area (Å²) in [7, 11) is 0. The Labute approximate surface area is 200 Å². The van der Waals surface area contributed by atoms with Crippen molar-refractivity contribution in [3.63, 3.8) is 0 Å². The Morgan fingerprint density at radius 2 is 1.76 bits per heavy atom. The number of rotatable bonds is 8. The van der Waals surface area contributed by atoms with E-state index >= 15 is 0 Å². The number of carbonyl (C=O) groups excluding carboxylic acids is 1. The lowest BCUT2D eigenvalue weighted by Gasteiger charge is -2.05. The number of allylic oxidation sites excluding steroid dienone is 1. The molecule has 1 amide bonds. The summed E-state index contributed by atoms with van der Waals surface area (Å²) in [6.45, 7) is 0. The third-order valence-corrected chi connectivity index (χ3v) is 5.54. The molecule has 0 atom stereocenters. The number of anilines is 1. The summed E-state index contributed by atoms with van der Waals surface area (Å²) in [6, 6.07) is 24.5. The van der Waals surface area contributed by atoms with Gasteiger partial charge in [0.1, 0.15) is 0 Å². The van der Waals surface area contributed by atoms with Crippen LogP contribution in [0.15, 0.2) is 99.6 Å². The Bertz CT molecular complexity index is 1270. The molecule has 3 aromatic carbocycles. The van der Waals surface area contributed by atoms with Gasteiger partial charge in [0.05, 0.1) is 22.2 Å². The van der Waals surface area contributed by atoms with Gasteiger partial charge in [-0.3, -0.25) is 9.79 Å². The molecule has 0 saturated heterocycles. The second-order valence-electron chi connectivity index (χ2n) is 6.78. The van der Waals surface area contributed by atoms with Crippen LogP contribution in [-0.2, 0) is 4.79 Å². The van der Waals surface area contributed by atoms with Crippen molar-refractivity contribution in [2.24, 2.45) is 4.99 Å². The first-order valence-corrected chi connectivity index (χ1v) is 11.4. The van der Waals surface area contributed by atoms with E-state index in [2.05, 4.69) is 20.5 Å². The molecule has 1 aromatic heterocycles. The molecule has 4 rings (SSSR count). The molecular formula is C25H19ClN4O2S. The first kappa shape index (κ1) is 22.5. The van der Waals surface area contributed by atoms with E-state index in [-0.39, 0.29) is 11.7 Å². The van der Waals surface area contributed by atoms with Gasteiger partial charge in [-0.1, -0.05) is 71.9 Å². The third kappa shape index (κ3) is 6.65. The molecule has 0 saturated carbocycles. The zero-order valence-corrected chi connectivity index (χ0v) is 19.0. The number of carbonyl (C=O) groups is 1. The lowest BCUT2D eigenvalue weighted by molar-refractivity contribution is -0.113. The van der Waals surface area contributed by atoms with Crippen LogP contribution < -0.4 is 5.32 Å². The molecule has 6 nitrogen and oxygen atoms in total. The fourth-order valence-electron chi connectivity index (χ4n) is 2.80. The molecule has 33 heavy (non-hydrogen) atoms. The SMILES string of the molecule is O=C(CSc1nnc(-c2ccc(N=C/C=C/c3ccccc3)cc2)o1)Nc1ccccc1Cl. The van der Waals surface area contributed by atoms with E-state index in [0.717, 1.165) is 28.6 Å². The first-order chi connectivity index (χ1) is 16.2. The highest BCUT2D eigenvalue weighted by Crippen LogP contribution is 2.26. The Hall–Kier alpha value is -3.68. The van der Waals surface area contributed by atoms with Crippen LogP contribution >= 0.6 is 23.4 Å². The summed E-state index contributed by atoms with van der Waals surface area (Å²) in [5, 5.41) is 11.6. The third-order valence-electron chi connectivity index (χ3n) is 4.39. The molecule has 1 heterocycles. The van der Waals surface area contributed by atoms with E-state index in [1.807, 2.05) is 66.7 Å². The van der Waals surface area contributed by atoms with Crippen LogP contribution in [-0.4, -0.2) is 28.1 Å². The molecule has 0 unspecified atom stereocenters. The van der Waals surface area contributed by atoms with Crippen LogP contribution in [0.25, 0.3) is 17.5 Å². The highest BCUT2D eigenvalue weighted by atomic mass is 35.5. The van der Waals surface area contributed by atoms with Crippen LogP contribution in [0.3, 0.4) is 0 Å². The number of nitrogens with one attached hydrogen (secondary N) is 1. The summed E-state index contributed by atoms with van der Waals surface area (Å²) >= 11 is 7.21. The van der Waals surface area contributed by atoms with Crippen molar-refractivity contribution in [1.29, 1.82) is 0 Å². The molecule has 164 valence electrons. The number of thioether (sulfide) groups is 1. The number of para-hydroxylation sites is 1. The van der Waals surface area contributed by atoms with Crippen molar-refractivity contribution < 1.29 is 9.21 Å². The fourth-order valence-corrected chi connectivity index (χ4v) is 3.54. The molecule has 0 radical (unpaired) electrons. The van der Waals surface area contributed by atoms with Gasteiger partial charge in [0, 0.05) is 11.8 Å². The van der Waals surface area contributed by atoms with Crippen molar-refractivity contribution in [3.8, 4) is 11.5 Å². The number of halogens is 1. The zero-order valence-electron chi connectivity index (χ0n) is 17.4. The number of nitrogens with zero attached hydrogens (tertiary/aromatic N) is 3. The molecule has 0 aliphatic rings. The maximum Gasteiger partial charge on any atom is 0.277 e. The smallest absolute Gasteiger partial charge is 0.277 e. The molecule has 1 N–H and O–H groups in total. The maximum absolute atomic E-state index is 12.1. The average molecular weight is 475 g/mol. The second kappa shape index (κ2) is 11.3. The van der Waals surface area contributed by atoms with Crippen LogP contribution in [0.2, 0.25) is 5.02 Å². The number of aliphatic imine (C=N–C) groups is 1. The predicted molar refractivity (Wildman–Crippen MR) is 134 cm³/mol. The van der Waals surface area contributed by atoms with E-state index in [0.29, 0.717) is 21.8 Å². The van der Waals surface area contributed by atoms with Gasteiger partial charge in [-0.05, 0) is 48.0 Å². The predicted octanol–water partition coefficient (Wildman–Crippen LogP) is 6.54. The van der Waals surface area contributed by atoms with Crippen LogP contribution in [0, 0.1) is 0 Å². The molecular weight excluding hydrogens is 456 g/mol. The standard InChI is InChI=1S/C25H19ClN4O2S/c26-21-10-4-5-11-22(21)28-23(31)17-33-25-30-29-24(32-25)19-12-14-20(15-13-19)27-16-6-9-18-7-2-1-3-8-18/h1-16H,17H2,(H,28,31)/b9-6+,27-16?. The quantitative estimate of drug-likeness (QED) is 0.232. The van der Waals surface area contributed by atoms with Gasteiger partial charge >= 0.3 is 0 Å². The largest absolute Gasteiger partial charge is 0.411 e.